The van der Waals surface area contributed by atoms with Crippen molar-refractivity contribution in [3.05, 3.63) is 103 Å². The van der Waals surface area contributed by atoms with E-state index in [9.17, 15) is 9.36 Å². The number of carbonyl (C=O) groups is 1. The molecule has 0 N–H and O–H groups in total. The maximum absolute atomic E-state index is 13.9. The summed E-state index contributed by atoms with van der Waals surface area (Å²) in [6.45, 7) is 3.71. The summed E-state index contributed by atoms with van der Waals surface area (Å²) < 4.78 is 13.9. The molecule has 0 unspecified atom stereocenters. The first-order chi connectivity index (χ1) is 11.7. The molecule has 0 bridgehead atoms. The minimum absolute atomic E-state index is 0.351. The standard InChI is InChI=1S/C21H17O2P/c1-2-17-13-15-18(16-14-17)21(22)24(23,19-9-5-3-6-10-19)20-11-7-4-8-12-20/h2-16H,1H2. The molecule has 0 fully saturated rings. The predicted molar refractivity (Wildman–Crippen MR) is 101 cm³/mol. The van der Waals surface area contributed by atoms with E-state index in [1.165, 1.54) is 0 Å². The molecule has 3 aromatic carbocycles. The Morgan fingerprint density at radius 1 is 0.750 bits per heavy atom. The highest BCUT2D eigenvalue weighted by Crippen LogP contribution is 2.46. The molecule has 0 radical (unpaired) electrons. The maximum atomic E-state index is 13.9. The van der Waals surface area contributed by atoms with Gasteiger partial charge in [0, 0.05) is 16.2 Å². The van der Waals surface area contributed by atoms with Crippen LogP contribution < -0.4 is 10.6 Å². The molecule has 3 aromatic rings. The summed E-state index contributed by atoms with van der Waals surface area (Å²) in [5.41, 5.74) is 1.01. The van der Waals surface area contributed by atoms with E-state index < -0.39 is 7.14 Å². The Kier molecular flexibility index (Phi) is 4.59. The van der Waals surface area contributed by atoms with Crippen LogP contribution in [0.3, 0.4) is 0 Å². The van der Waals surface area contributed by atoms with Crippen molar-refractivity contribution in [2.45, 2.75) is 0 Å². The van der Waals surface area contributed by atoms with Gasteiger partial charge in [-0.3, -0.25) is 4.79 Å². The van der Waals surface area contributed by atoms with E-state index in [0.29, 0.717) is 16.2 Å². The summed E-state index contributed by atoms with van der Waals surface area (Å²) in [5, 5.41) is 1.10. The summed E-state index contributed by atoms with van der Waals surface area (Å²) in [6.07, 6.45) is 1.71. The fourth-order valence-corrected chi connectivity index (χ4v) is 5.07. The lowest BCUT2D eigenvalue weighted by Gasteiger charge is -2.18. The summed E-state index contributed by atoms with van der Waals surface area (Å²) in [6, 6.07) is 25.0. The Labute approximate surface area is 141 Å². The van der Waals surface area contributed by atoms with Crippen molar-refractivity contribution in [2.24, 2.45) is 0 Å². The molecule has 0 saturated carbocycles. The van der Waals surface area contributed by atoms with Crippen LogP contribution in [0.5, 0.6) is 0 Å². The molecule has 0 amide bonds. The van der Waals surface area contributed by atoms with Crippen LogP contribution in [0, 0.1) is 0 Å². The molecular formula is C21H17O2P. The van der Waals surface area contributed by atoms with Crippen molar-refractivity contribution >= 4 is 29.4 Å². The summed E-state index contributed by atoms with van der Waals surface area (Å²) in [5.74, 6) is 0. The molecule has 3 rings (SSSR count). The van der Waals surface area contributed by atoms with Gasteiger partial charge in [0.05, 0.1) is 0 Å². The second kappa shape index (κ2) is 6.82. The average Bonchev–Trinajstić information content (AvgIpc) is 2.68. The highest BCUT2D eigenvalue weighted by Gasteiger charge is 2.36. The zero-order valence-corrected chi connectivity index (χ0v) is 14.0. The van der Waals surface area contributed by atoms with Crippen LogP contribution in [0.4, 0.5) is 0 Å². The van der Waals surface area contributed by atoms with Gasteiger partial charge in [-0.15, -0.1) is 0 Å². The Balaban J connectivity index is 2.16. The minimum atomic E-state index is -3.43. The first-order valence-corrected chi connectivity index (χ1v) is 9.35. The molecule has 3 heteroatoms. The van der Waals surface area contributed by atoms with Crippen LogP contribution in [0.25, 0.3) is 6.08 Å². The largest absolute Gasteiger partial charge is 0.305 e. The molecule has 0 aliphatic rings. The fourth-order valence-electron chi connectivity index (χ4n) is 2.60. The third-order valence-electron chi connectivity index (χ3n) is 3.92. The van der Waals surface area contributed by atoms with Gasteiger partial charge in [-0.2, -0.15) is 0 Å². The van der Waals surface area contributed by atoms with Gasteiger partial charge >= 0.3 is 0 Å². The van der Waals surface area contributed by atoms with E-state index in [0.717, 1.165) is 5.56 Å². The van der Waals surface area contributed by atoms with E-state index in [1.54, 1.807) is 78.9 Å². The van der Waals surface area contributed by atoms with Crippen molar-refractivity contribution in [3.8, 4) is 0 Å². The van der Waals surface area contributed by atoms with E-state index in [4.69, 9.17) is 0 Å². The summed E-state index contributed by atoms with van der Waals surface area (Å²) in [4.78, 5) is 13.2. The van der Waals surface area contributed by atoms with Gasteiger partial charge in [-0.1, -0.05) is 97.6 Å². The Hall–Kier alpha value is -2.70. The molecule has 24 heavy (non-hydrogen) atoms. The predicted octanol–water partition coefficient (Wildman–Crippen LogP) is 4.48. The van der Waals surface area contributed by atoms with Crippen LogP contribution in [-0.2, 0) is 4.57 Å². The molecule has 118 valence electrons. The van der Waals surface area contributed by atoms with Crippen molar-refractivity contribution in [1.82, 2.24) is 0 Å². The molecular weight excluding hydrogens is 315 g/mol. The lowest BCUT2D eigenvalue weighted by atomic mass is 10.1. The van der Waals surface area contributed by atoms with Gasteiger partial charge in [0.15, 0.2) is 0 Å². The molecule has 2 nitrogen and oxygen atoms in total. The van der Waals surface area contributed by atoms with E-state index in [1.807, 2.05) is 12.1 Å². The lowest BCUT2D eigenvalue weighted by Crippen LogP contribution is -2.22. The Morgan fingerprint density at radius 2 is 1.21 bits per heavy atom. The fraction of sp³-hybridized carbons (Fsp3) is 0. The number of carbonyl (C=O) groups excluding carboxylic acids is 1. The molecule has 0 atom stereocenters. The van der Waals surface area contributed by atoms with Crippen LogP contribution in [-0.4, -0.2) is 5.52 Å². The molecule has 0 saturated heterocycles. The van der Waals surface area contributed by atoms with Gasteiger partial charge in [-0.05, 0) is 5.56 Å². The monoisotopic (exact) mass is 332 g/mol. The number of hydrogen-bond donors (Lipinski definition) is 0. The van der Waals surface area contributed by atoms with E-state index in [-0.39, 0.29) is 5.52 Å². The van der Waals surface area contributed by atoms with Crippen LogP contribution in [0.1, 0.15) is 15.9 Å². The smallest absolute Gasteiger partial charge is 0.230 e. The molecule has 0 aliphatic heterocycles. The Morgan fingerprint density at radius 3 is 1.62 bits per heavy atom. The van der Waals surface area contributed by atoms with Crippen LogP contribution in [0.2, 0.25) is 0 Å². The summed E-state index contributed by atoms with van der Waals surface area (Å²) >= 11 is 0. The quantitative estimate of drug-likeness (QED) is 0.645. The molecule has 0 spiro atoms. The van der Waals surface area contributed by atoms with Crippen molar-refractivity contribution in [2.75, 3.05) is 0 Å². The SMILES string of the molecule is C=Cc1ccc(C(=O)P(=O)(c2ccccc2)c2ccccc2)cc1. The van der Waals surface area contributed by atoms with Crippen molar-refractivity contribution in [1.29, 1.82) is 0 Å². The third-order valence-corrected chi connectivity index (χ3v) is 6.80. The maximum Gasteiger partial charge on any atom is 0.230 e. The van der Waals surface area contributed by atoms with Gasteiger partial charge < -0.3 is 4.57 Å². The molecule has 0 aromatic heterocycles. The van der Waals surface area contributed by atoms with Gasteiger partial charge in [0.1, 0.15) is 0 Å². The van der Waals surface area contributed by atoms with Crippen molar-refractivity contribution < 1.29 is 9.36 Å². The van der Waals surface area contributed by atoms with Crippen LogP contribution >= 0.6 is 7.14 Å². The minimum Gasteiger partial charge on any atom is -0.305 e. The highest BCUT2D eigenvalue weighted by atomic mass is 31.2. The molecule has 0 aliphatic carbocycles. The van der Waals surface area contributed by atoms with Gasteiger partial charge in [-0.25, -0.2) is 0 Å². The van der Waals surface area contributed by atoms with E-state index in [2.05, 4.69) is 6.58 Å². The van der Waals surface area contributed by atoms with Gasteiger partial charge in [0.2, 0.25) is 12.7 Å². The average molecular weight is 332 g/mol. The normalized spacial score (nSPS) is 11.0. The zero-order chi connectivity index (χ0) is 17.0. The Bertz CT molecular complexity index is 854. The van der Waals surface area contributed by atoms with E-state index >= 15 is 0 Å². The first kappa shape index (κ1) is 16.2. The number of rotatable bonds is 5. The first-order valence-electron chi connectivity index (χ1n) is 7.65. The third kappa shape index (κ3) is 2.89. The van der Waals surface area contributed by atoms with Crippen LogP contribution in [0.15, 0.2) is 91.5 Å². The van der Waals surface area contributed by atoms with Gasteiger partial charge in [0.25, 0.3) is 0 Å². The second-order valence-electron chi connectivity index (χ2n) is 5.41. The van der Waals surface area contributed by atoms with Crippen molar-refractivity contribution in [3.63, 3.8) is 0 Å². The number of benzene rings is 3. The lowest BCUT2D eigenvalue weighted by molar-refractivity contribution is 0.107. The summed E-state index contributed by atoms with van der Waals surface area (Å²) in [7, 11) is -3.43. The topological polar surface area (TPSA) is 34.1 Å². The second-order valence-corrected chi connectivity index (χ2v) is 8.07. The molecule has 0 heterocycles. The number of hydrogen-bond acceptors (Lipinski definition) is 2. The highest BCUT2D eigenvalue weighted by molar-refractivity contribution is 7.93. The zero-order valence-electron chi connectivity index (χ0n) is 13.1.